The van der Waals surface area contributed by atoms with Crippen LogP contribution in [0.25, 0.3) is 0 Å². The van der Waals surface area contributed by atoms with Crippen molar-refractivity contribution in [3.8, 4) is 0 Å². The van der Waals surface area contributed by atoms with Gasteiger partial charge >= 0.3 is 0 Å². The van der Waals surface area contributed by atoms with Crippen LogP contribution >= 0.6 is 0 Å². The van der Waals surface area contributed by atoms with Gasteiger partial charge in [-0.05, 0) is 0 Å². The maximum atomic E-state index is 4.41. The van der Waals surface area contributed by atoms with Crippen molar-refractivity contribution in [2.45, 2.75) is 32.1 Å². The van der Waals surface area contributed by atoms with Crippen molar-refractivity contribution >= 4 is 0 Å². The van der Waals surface area contributed by atoms with Crippen molar-refractivity contribution in [1.29, 1.82) is 0 Å². The second-order valence-electron chi connectivity index (χ2n) is 5.38. The van der Waals surface area contributed by atoms with Crippen LogP contribution in [0, 0.1) is 0 Å². The molecule has 100 valence electrons. The molecule has 1 unspecified atom stereocenters. The van der Waals surface area contributed by atoms with E-state index < -0.39 is 0 Å². The number of aromatic amines is 1. The lowest BCUT2D eigenvalue weighted by molar-refractivity contribution is 0.190. The van der Waals surface area contributed by atoms with Crippen LogP contribution in [-0.2, 0) is 26.1 Å². The van der Waals surface area contributed by atoms with Crippen LogP contribution in [0.3, 0.4) is 0 Å². The van der Waals surface area contributed by atoms with Gasteiger partial charge in [-0.15, -0.1) is 0 Å². The molecule has 0 spiro atoms. The summed E-state index contributed by atoms with van der Waals surface area (Å²) in [6, 6.07) is 0.498. The molecule has 0 aliphatic carbocycles. The Kier molecular flexibility index (Phi) is 2.63. The zero-order valence-corrected chi connectivity index (χ0v) is 10.8. The molecule has 1 atom stereocenters. The zero-order valence-electron chi connectivity index (χ0n) is 10.8. The number of nitrogens with zero attached hydrogens (tertiary/aromatic N) is 4. The summed E-state index contributed by atoms with van der Waals surface area (Å²) in [5.74, 6) is 1.18. The summed E-state index contributed by atoms with van der Waals surface area (Å²) < 4.78 is 2.25. The molecule has 19 heavy (non-hydrogen) atoms. The quantitative estimate of drug-likeness (QED) is 0.804. The zero-order chi connectivity index (χ0) is 12.7. The van der Waals surface area contributed by atoms with Crippen LogP contribution < -0.4 is 5.32 Å². The van der Waals surface area contributed by atoms with E-state index in [9.17, 15) is 0 Å². The molecule has 0 bridgehead atoms. The molecule has 6 nitrogen and oxygen atoms in total. The first kappa shape index (κ1) is 11.2. The summed E-state index contributed by atoms with van der Waals surface area (Å²) in [7, 11) is 0. The molecule has 4 heterocycles. The molecule has 2 aliphatic heterocycles. The van der Waals surface area contributed by atoms with E-state index in [4.69, 9.17) is 0 Å². The molecular weight excluding hydrogens is 240 g/mol. The largest absolute Gasteiger partial charge is 0.347 e. The van der Waals surface area contributed by atoms with Gasteiger partial charge in [-0.1, -0.05) is 0 Å². The number of aromatic nitrogens is 4. The van der Waals surface area contributed by atoms with Gasteiger partial charge in [0.1, 0.15) is 5.82 Å². The van der Waals surface area contributed by atoms with E-state index in [1.165, 1.54) is 17.2 Å². The number of fused-ring (bicyclic) bond motifs is 2. The predicted octanol–water partition coefficient (Wildman–Crippen LogP) is 0.136. The standard InChI is InChI=1S/C13H18N6/c1-2-19-4-3-18(8-13(19)14-1)7-10-5-11-12(6-15-10)17-9-16-11/h1-2,9-10,15H,3-8H2,(H,16,17). The SMILES string of the molecule is c1cn2c(n1)CN(CC1Cc3nc[nH]c3CN1)CC2. The average Bonchev–Trinajstić information content (AvgIpc) is 3.05. The Labute approximate surface area is 111 Å². The molecule has 4 rings (SSSR count). The maximum Gasteiger partial charge on any atom is 0.122 e. The Morgan fingerprint density at radius 1 is 1.32 bits per heavy atom. The highest BCUT2D eigenvalue weighted by Gasteiger charge is 2.24. The number of hydrogen-bond donors (Lipinski definition) is 2. The smallest absolute Gasteiger partial charge is 0.122 e. The molecular formula is C13H18N6. The first-order valence-corrected chi connectivity index (χ1v) is 6.85. The van der Waals surface area contributed by atoms with Gasteiger partial charge in [0.25, 0.3) is 0 Å². The van der Waals surface area contributed by atoms with E-state index in [-0.39, 0.29) is 0 Å². The van der Waals surface area contributed by atoms with E-state index in [1.807, 2.05) is 6.20 Å². The van der Waals surface area contributed by atoms with Crippen LogP contribution in [0.1, 0.15) is 17.2 Å². The summed E-state index contributed by atoms with van der Waals surface area (Å²) >= 11 is 0. The van der Waals surface area contributed by atoms with Gasteiger partial charge in [0.2, 0.25) is 0 Å². The van der Waals surface area contributed by atoms with Gasteiger partial charge in [-0.2, -0.15) is 0 Å². The molecule has 0 saturated heterocycles. The first-order valence-electron chi connectivity index (χ1n) is 6.85. The Balaban J connectivity index is 1.41. The summed E-state index contributed by atoms with van der Waals surface area (Å²) in [6.45, 7) is 5.09. The van der Waals surface area contributed by atoms with Crippen LogP contribution in [0.5, 0.6) is 0 Å². The molecule has 0 fully saturated rings. The summed E-state index contributed by atoms with van der Waals surface area (Å²) in [5, 5.41) is 3.59. The maximum absolute atomic E-state index is 4.41. The van der Waals surface area contributed by atoms with Crippen LogP contribution in [-0.4, -0.2) is 43.6 Å². The third-order valence-electron chi connectivity index (χ3n) is 4.12. The van der Waals surface area contributed by atoms with Crippen molar-refractivity contribution in [3.05, 3.63) is 35.9 Å². The minimum Gasteiger partial charge on any atom is -0.347 e. The average molecular weight is 258 g/mol. The number of hydrogen-bond acceptors (Lipinski definition) is 4. The molecule has 2 aliphatic rings. The molecule has 2 N–H and O–H groups in total. The van der Waals surface area contributed by atoms with Crippen LogP contribution in [0.2, 0.25) is 0 Å². The van der Waals surface area contributed by atoms with E-state index in [0.29, 0.717) is 6.04 Å². The minimum absolute atomic E-state index is 0.498. The molecule has 6 heteroatoms. The Morgan fingerprint density at radius 3 is 3.32 bits per heavy atom. The second-order valence-corrected chi connectivity index (χ2v) is 5.38. The van der Waals surface area contributed by atoms with E-state index in [0.717, 1.165) is 39.1 Å². The van der Waals surface area contributed by atoms with E-state index >= 15 is 0 Å². The topological polar surface area (TPSA) is 61.8 Å². The Hall–Kier alpha value is -1.66. The van der Waals surface area contributed by atoms with Crippen molar-refractivity contribution in [1.82, 2.24) is 29.7 Å². The number of rotatable bonds is 2. The van der Waals surface area contributed by atoms with E-state index in [2.05, 4.69) is 35.9 Å². The number of imidazole rings is 2. The van der Waals surface area contributed by atoms with Crippen molar-refractivity contribution < 1.29 is 0 Å². The fourth-order valence-electron chi connectivity index (χ4n) is 3.05. The highest BCUT2D eigenvalue weighted by molar-refractivity contribution is 5.16. The minimum atomic E-state index is 0.498. The predicted molar refractivity (Wildman–Crippen MR) is 70.4 cm³/mol. The van der Waals surface area contributed by atoms with Crippen molar-refractivity contribution in [2.75, 3.05) is 13.1 Å². The lowest BCUT2D eigenvalue weighted by atomic mass is 10.0. The number of H-pyrrole nitrogens is 1. The van der Waals surface area contributed by atoms with Crippen LogP contribution in [0.15, 0.2) is 18.7 Å². The summed E-state index contributed by atoms with van der Waals surface area (Å²) in [6.07, 6.45) is 6.78. The van der Waals surface area contributed by atoms with Gasteiger partial charge in [0.05, 0.1) is 24.3 Å². The highest BCUT2D eigenvalue weighted by Crippen LogP contribution is 2.15. The monoisotopic (exact) mass is 258 g/mol. The normalized spacial score (nSPS) is 23.1. The third kappa shape index (κ3) is 2.06. The van der Waals surface area contributed by atoms with Crippen molar-refractivity contribution in [3.63, 3.8) is 0 Å². The summed E-state index contributed by atoms with van der Waals surface area (Å²) in [5.41, 5.74) is 2.47. The van der Waals surface area contributed by atoms with Crippen molar-refractivity contribution in [2.24, 2.45) is 0 Å². The summed E-state index contributed by atoms with van der Waals surface area (Å²) in [4.78, 5) is 14.5. The van der Waals surface area contributed by atoms with Gasteiger partial charge < -0.3 is 14.9 Å². The fraction of sp³-hybridized carbons (Fsp3) is 0.538. The van der Waals surface area contributed by atoms with E-state index in [1.54, 1.807) is 6.33 Å². The molecule has 0 saturated carbocycles. The second kappa shape index (κ2) is 4.47. The third-order valence-corrected chi connectivity index (χ3v) is 4.12. The van der Waals surface area contributed by atoms with Gasteiger partial charge in [0.15, 0.2) is 0 Å². The van der Waals surface area contributed by atoms with Crippen LogP contribution in [0.4, 0.5) is 0 Å². The van der Waals surface area contributed by atoms with Gasteiger partial charge in [0, 0.05) is 51.0 Å². The first-order chi connectivity index (χ1) is 9.38. The lowest BCUT2D eigenvalue weighted by Crippen LogP contribution is -2.46. The molecule has 0 amide bonds. The fourth-order valence-corrected chi connectivity index (χ4v) is 3.05. The molecule has 0 aromatic carbocycles. The van der Waals surface area contributed by atoms with Gasteiger partial charge in [-0.3, -0.25) is 4.90 Å². The van der Waals surface area contributed by atoms with Gasteiger partial charge in [-0.25, -0.2) is 9.97 Å². The Morgan fingerprint density at radius 2 is 2.32 bits per heavy atom. The highest BCUT2D eigenvalue weighted by atomic mass is 15.2. The Bertz CT molecular complexity index is 521. The number of nitrogens with one attached hydrogen (secondary N) is 2. The lowest BCUT2D eigenvalue weighted by Gasteiger charge is -2.32. The molecule has 2 aromatic heterocycles. The molecule has 2 aromatic rings. The molecule has 0 radical (unpaired) electrons.